The van der Waals surface area contributed by atoms with Crippen LogP contribution in [-0.2, 0) is 4.79 Å². The monoisotopic (exact) mass is 277 g/mol. The molecule has 98 valence electrons. The zero-order chi connectivity index (χ0) is 13.7. The molecule has 19 heavy (non-hydrogen) atoms. The van der Waals surface area contributed by atoms with Gasteiger partial charge in [-0.1, -0.05) is 11.6 Å². The van der Waals surface area contributed by atoms with Gasteiger partial charge >= 0.3 is 0 Å². The Bertz CT molecular complexity index is 573. The molecule has 0 aliphatic rings. The van der Waals surface area contributed by atoms with Crippen LogP contribution in [0, 0.1) is 0 Å². The fraction of sp³-hybridized carbons (Fsp3) is 0.0833. The van der Waals surface area contributed by atoms with E-state index in [0.29, 0.717) is 28.9 Å². The fourth-order valence-corrected chi connectivity index (χ4v) is 1.59. The highest BCUT2D eigenvalue weighted by Gasteiger charge is 2.05. The van der Waals surface area contributed by atoms with Gasteiger partial charge in [-0.25, -0.2) is 4.98 Å². The topological polar surface area (TPSA) is 78.9 Å². The standard InChI is InChI=1S/C12H12ClN5O/c1-14-11-10(16-7-19)6-15-12(18-11)17-9-4-2-8(13)3-5-9/h2-7H,1H3,(H,16,19)(H2,14,15,17,18). The summed E-state index contributed by atoms with van der Waals surface area (Å²) in [7, 11) is 1.71. The maximum absolute atomic E-state index is 10.4. The number of halogens is 1. The van der Waals surface area contributed by atoms with Crippen molar-refractivity contribution in [2.24, 2.45) is 0 Å². The van der Waals surface area contributed by atoms with E-state index in [4.69, 9.17) is 11.6 Å². The molecule has 2 aromatic rings. The second-order valence-corrected chi connectivity index (χ2v) is 4.04. The van der Waals surface area contributed by atoms with E-state index in [0.717, 1.165) is 5.69 Å². The summed E-state index contributed by atoms with van der Waals surface area (Å²) < 4.78 is 0. The van der Waals surface area contributed by atoms with E-state index in [1.165, 1.54) is 6.20 Å². The van der Waals surface area contributed by atoms with Gasteiger partial charge in [0.2, 0.25) is 12.4 Å². The molecule has 0 bridgehead atoms. The van der Waals surface area contributed by atoms with Crippen LogP contribution in [0.1, 0.15) is 0 Å². The summed E-state index contributed by atoms with van der Waals surface area (Å²) in [5.74, 6) is 0.946. The zero-order valence-corrected chi connectivity index (χ0v) is 10.9. The van der Waals surface area contributed by atoms with Crippen molar-refractivity contribution in [3.05, 3.63) is 35.5 Å². The van der Waals surface area contributed by atoms with E-state index in [1.807, 2.05) is 12.1 Å². The lowest BCUT2D eigenvalue weighted by atomic mass is 10.3. The molecule has 0 radical (unpaired) electrons. The lowest BCUT2D eigenvalue weighted by Crippen LogP contribution is -2.05. The van der Waals surface area contributed by atoms with Crippen LogP contribution in [0.4, 0.5) is 23.1 Å². The molecular weight excluding hydrogens is 266 g/mol. The molecule has 7 heteroatoms. The molecule has 0 atom stereocenters. The fourth-order valence-electron chi connectivity index (χ4n) is 1.46. The predicted octanol–water partition coefficient (Wildman–Crippen LogP) is 2.48. The number of rotatable bonds is 5. The molecular formula is C12H12ClN5O. The van der Waals surface area contributed by atoms with Crippen molar-refractivity contribution in [1.82, 2.24) is 9.97 Å². The summed E-state index contributed by atoms with van der Waals surface area (Å²) in [5.41, 5.74) is 1.33. The molecule has 0 aliphatic carbocycles. The number of nitrogens with one attached hydrogen (secondary N) is 3. The van der Waals surface area contributed by atoms with E-state index in [9.17, 15) is 4.79 Å². The predicted molar refractivity (Wildman–Crippen MR) is 76.0 cm³/mol. The van der Waals surface area contributed by atoms with Crippen molar-refractivity contribution in [1.29, 1.82) is 0 Å². The molecule has 3 N–H and O–H groups in total. The van der Waals surface area contributed by atoms with Gasteiger partial charge in [0.1, 0.15) is 5.69 Å². The van der Waals surface area contributed by atoms with Crippen LogP contribution in [0.25, 0.3) is 0 Å². The maximum atomic E-state index is 10.4. The Hall–Kier alpha value is -2.34. The van der Waals surface area contributed by atoms with Crippen molar-refractivity contribution in [3.63, 3.8) is 0 Å². The summed E-state index contributed by atoms with van der Waals surface area (Å²) >= 11 is 5.81. The summed E-state index contributed by atoms with van der Waals surface area (Å²) in [4.78, 5) is 18.8. The lowest BCUT2D eigenvalue weighted by Gasteiger charge is -2.09. The number of hydrogen-bond donors (Lipinski definition) is 3. The van der Waals surface area contributed by atoms with E-state index in [2.05, 4.69) is 25.9 Å². The highest BCUT2D eigenvalue weighted by atomic mass is 35.5. The third-order valence-corrected chi connectivity index (χ3v) is 2.59. The van der Waals surface area contributed by atoms with E-state index in [1.54, 1.807) is 19.2 Å². The highest BCUT2D eigenvalue weighted by molar-refractivity contribution is 6.30. The molecule has 1 amide bonds. The first kappa shape index (κ1) is 13.1. The number of hydrogen-bond acceptors (Lipinski definition) is 5. The second-order valence-electron chi connectivity index (χ2n) is 3.60. The minimum Gasteiger partial charge on any atom is -0.371 e. The summed E-state index contributed by atoms with van der Waals surface area (Å²) in [6.45, 7) is 0. The Morgan fingerprint density at radius 1 is 1.26 bits per heavy atom. The molecule has 2 rings (SSSR count). The van der Waals surface area contributed by atoms with Crippen molar-refractivity contribution >= 4 is 41.2 Å². The van der Waals surface area contributed by atoms with Gasteiger partial charge in [0.15, 0.2) is 5.82 Å². The first-order valence-electron chi connectivity index (χ1n) is 5.50. The van der Waals surface area contributed by atoms with Crippen LogP contribution in [-0.4, -0.2) is 23.4 Å². The quantitative estimate of drug-likeness (QED) is 0.732. The Morgan fingerprint density at radius 2 is 2.00 bits per heavy atom. The Balaban J connectivity index is 2.21. The number of carbonyl (C=O) groups is 1. The molecule has 0 spiro atoms. The van der Waals surface area contributed by atoms with Gasteiger partial charge < -0.3 is 16.0 Å². The van der Waals surface area contributed by atoms with Crippen LogP contribution in [0.15, 0.2) is 30.5 Å². The highest BCUT2D eigenvalue weighted by Crippen LogP contribution is 2.21. The van der Waals surface area contributed by atoms with E-state index >= 15 is 0 Å². The Kier molecular flexibility index (Phi) is 4.15. The molecule has 1 aromatic heterocycles. The Labute approximate surface area is 115 Å². The number of carbonyl (C=O) groups excluding carboxylic acids is 1. The van der Waals surface area contributed by atoms with Gasteiger partial charge in [-0.2, -0.15) is 4.98 Å². The molecule has 0 saturated heterocycles. The molecule has 0 aliphatic heterocycles. The van der Waals surface area contributed by atoms with Gasteiger partial charge in [-0.05, 0) is 24.3 Å². The minimum atomic E-state index is 0.420. The van der Waals surface area contributed by atoms with Gasteiger partial charge in [-0.3, -0.25) is 4.79 Å². The van der Waals surface area contributed by atoms with Crippen molar-refractivity contribution in [2.75, 3.05) is 23.0 Å². The molecule has 6 nitrogen and oxygen atoms in total. The SMILES string of the molecule is CNc1nc(Nc2ccc(Cl)cc2)ncc1NC=O. The molecule has 0 unspecified atom stereocenters. The lowest BCUT2D eigenvalue weighted by molar-refractivity contribution is -0.105. The zero-order valence-electron chi connectivity index (χ0n) is 10.1. The van der Waals surface area contributed by atoms with E-state index < -0.39 is 0 Å². The Morgan fingerprint density at radius 3 is 2.63 bits per heavy atom. The van der Waals surface area contributed by atoms with Crippen LogP contribution >= 0.6 is 11.6 Å². The van der Waals surface area contributed by atoms with Crippen molar-refractivity contribution in [3.8, 4) is 0 Å². The average Bonchev–Trinajstić information content (AvgIpc) is 2.43. The van der Waals surface area contributed by atoms with Gasteiger partial charge in [0, 0.05) is 17.8 Å². The molecule has 0 fully saturated rings. The normalized spacial score (nSPS) is 9.79. The first-order valence-corrected chi connectivity index (χ1v) is 5.88. The number of nitrogens with zero attached hydrogens (tertiary/aromatic N) is 2. The first-order chi connectivity index (χ1) is 9.22. The third kappa shape index (κ3) is 3.32. The summed E-state index contributed by atoms with van der Waals surface area (Å²) in [6, 6.07) is 7.18. The number of benzene rings is 1. The van der Waals surface area contributed by atoms with Crippen LogP contribution < -0.4 is 16.0 Å². The minimum absolute atomic E-state index is 0.420. The number of amides is 1. The summed E-state index contributed by atoms with van der Waals surface area (Å²) in [6.07, 6.45) is 2.09. The number of aromatic nitrogens is 2. The van der Waals surface area contributed by atoms with Crippen LogP contribution in [0.3, 0.4) is 0 Å². The largest absolute Gasteiger partial charge is 0.371 e. The van der Waals surface area contributed by atoms with Gasteiger partial charge in [-0.15, -0.1) is 0 Å². The molecule has 0 saturated carbocycles. The van der Waals surface area contributed by atoms with Crippen LogP contribution in [0.5, 0.6) is 0 Å². The maximum Gasteiger partial charge on any atom is 0.229 e. The molecule has 1 aromatic carbocycles. The second kappa shape index (κ2) is 6.01. The van der Waals surface area contributed by atoms with E-state index in [-0.39, 0.29) is 0 Å². The van der Waals surface area contributed by atoms with Crippen molar-refractivity contribution < 1.29 is 4.79 Å². The van der Waals surface area contributed by atoms with Gasteiger partial charge in [0.05, 0.1) is 6.20 Å². The average molecular weight is 278 g/mol. The summed E-state index contributed by atoms with van der Waals surface area (Å²) in [5, 5.41) is 9.09. The third-order valence-electron chi connectivity index (χ3n) is 2.34. The molecule has 1 heterocycles. The van der Waals surface area contributed by atoms with Crippen LogP contribution in [0.2, 0.25) is 5.02 Å². The van der Waals surface area contributed by atoms with Crippen molar-refractivity contribution in [2.45, 2.75) is 0 Å². The smallest absolute Gasteiger partial charge is 0.229 e. The number of anilines is 4. The van der Waals surface area contributed by atoms with Gasteiger partial charge in [0.25, 0.3) is 0 Å².